The Hall–Kier alpha value is -2.61. The lowest BCUT2D eigenvalue weighted by Crippen LogP contribution is -1.99. The molecule has 0 atom stereocenters. The van der Waals surface area contributed by atoms with Crippen LogP contribution in [0.15, 0.2) is 60.2 Å². The van der Waals surface area contributed by atoms with E-state index in [9.17, 15) is 4.79 Å². The lowest BCUT2D eigenvalue weighted by molar-refractivity contribution is -0.137. The van der Waals surface area contributed by atoms with Crippen molar-refractivity contribution in [2.24, 2.45) is 0 Å². The highest BCUT2D eigenvalue weighted by Crippen LogP contribution is 2.26. The number of hydrogen-bond acceptors (Lipinski definition) is 2. The largest absolute Gasteiger partial charge is 0.463 e. The highest BCUT2D eigenvalue weighted by molar-refractivity contribution is 5.88. The molecule has 130 valence electrons. The van der Waals surface area contributed by atoms with Crippen LogP contribution in [0.4, 0.5) is 0 Å². The van der Waals surface area contributed by atoms with Crippen LogP contribution in [0.1, 0.15) is 37.5 Å². The summed E-state index contributed by atoms with van der Waals surface area (Å²) >= 11 is 0. The Labute approximate surface area is 150 Å². The molecule has 2 heteroatoms. The molecule has 0 heterocycles. The van der Waals surface area contributed by atoms with Gasteiger partial charge in [0.25, 0.3) is 0 Å². The summed E-state index contributed by atoms with van der Waals surface area (Å²) in [6.07, 6.45) is 7.47. The van der Waals surface area contributed by atoms with Crippen molar-refractivity contribution >= 4 is 22.3 Å². The van der Waals surface area contributed by atoms with E-state index >= 15 is 0 Å². The summed E-state index contributed by atoms with van der Waals surface area (Å²) in [4.78, 5) is 11.4. The highest BCUT2D eigenvalue weighted by atomic mass is 16.5. The standard InChI is InChI=1S/C23H26O2/c1-6-25-23(24)13-16(2)8-7-9-18(4)22-15-21-12-17(3)10-11-20(21)14-19(22)5/h7-15H,6H2,1-5H3/b8-7+,16-13+,18-9+. The van der Waals surface area contributed by atoms with Gasteiger partial charge in [0.2, 0.25) is 0 Å². The zero-order valence-corrected chi connectivity index (χ0v) is 15.7. The SMILES string of the molecule is CCOC(=O)/C=C(C)/C=C/C=C(\C)c1cc2cc(C)ccc2cc1C. The molecule has 0 aliphatic carbocycles. The van der Waals surface area contributed by atoms with Crippen molar-refractivity contribution in [1.29, 1.82) is 0 Å². The molecule has 0 aliphatic rings. The molecular weight excluding hydrogens is 308 g/mol. The normalized spacial score (nSPS) is 12.8. The molecule has 2 rings (SSSR count). The first-order chi connectivity index (χ1) is 11.9. The van der Waals surface area contributed by atoms with Crippen LogP contribution in [-0.4, -0.2) is 12.6 Å². The number of hydrogen-bond donors (Lipinski definition) is 0. The molecule has 0 fully saturated rings. The van der Waals surface area contributed by atoms with E-state index in [1.807, 2.05) is 19.1 Å². The highest BCUT2D eigenvalue weighted by Gasteiger charge is 2.03. The minimum absolute atomic E-state index is 0.300. The van der Waals surface area contributed by atoms with Gasteiger partial charge in [0.05, 0.1) is 6.61 Å². The number of allylic oxidation sites excluding steroid dienone is 5. The molecular formula is C23H26O2. The summed E-state index contributed by atoms with van der Waals surface area (Å²) < 4.78 is 4.91. The molecule has 0 spiro atoms. The van der Waals surface area contributed by atoms with Gasteiger partial charge in [-0.15, -0.1) is 0 Å². The number of esters is 1. The van der Waals surface area contributed by atoms with E-state index < -0.39 is 0 Å². The van der Waals surface area contributed by atoms with E-state index in [4.69, 9.17) is 4.74 Å². The Kier molecular flexibility index (Phi) is 6.35. The molecule has 0 saturated heterocycles. The van der Waals surface area contributed by atoms with Crippen molar-refractivity contribution in [3.05, 3.63) is 76.9 Å². The van der Waals surface area contributed by atoms with Gasteiger partial charge in [-0.05, 0) is 73.7 Å². The second-order valence-corrected chi connectivity index (χ2v) is 6.37. The first-order valence-electron chi connectivity index (χ1n) is 8.62. The summed E-state index contributed by atoms with van der Waals surface area (Å²) in [6.45, 7) is 10.5. The number of benzene rings is 2. The van der Waals surface area contributed by atoms with E-state index in [0.717, 1.165) is 5.57 Å². The first-order valence-corrected chi connectivity index (χ1v) is 8.62. The number of fused-ring (bicyclic) bond motifs is 1. The maximum absolute atomic E-state index is 11.4. The van der Waals surface area contributed by atoms with Gasteiger partial charge in [-0.2, -0.15) is 0 Å². The molecule has 0 radical (unpaired) electrons. The Balaban J connectivity index is 2.24. The fourth-order valence-electron chi connectivity index (χ4n) is 2.81. The van der Waals surface area contributed by atoms with Crippen molar-refractivity contribution in [1.82, 2.24) is 0 Å². The summed E-state index contributed by atoms with van der Waals surface area (Å²) in [6, 6.07) is 11.0. The topological polar surface area (TPSA) is 26.3 Å². The maximum Gasteiger partial charge on any atom is 0.330 e. The third-order valence-electron chi connectivity index (χ3n) is 4.10. The third kappa shape index (κ3) is 5.18. The Morgan fingerprint density at radius 1 is 1.08 bits per heavy atom. The van der Waals surface area contributed by atoms with E-state index in [1.54, 1.807) is 6.92 Å². The summed E-state index contributed by atoms with van der Waals surface area (Å²) in [5.74, 6) is -0.300. The Morgan fingerprint density at radius 2 is 1.84 bits per heavy atom. The minimum atomic E-state index is -0.300. The molecule has 25 heavy (non-hydrogen) atoms. The van der Waals surface area contributed by atoms with Crippen LogP contribution in [0, 0.1) is 13.8 Å². The average molecular weight is 334 g/mol. The monoisotopic (exact) mass is 334 g/mol. The summed E-state index contributed by atoms with van der Waals surface area (Å²) in [5, 5.41) is 2.53. The number of carbonyl (C=O) groups excluding carboxylic acids is 1. The van der Waals surface area contributed by atoms with Gasteiger partial charge in [0, 0.05) is 6.08 Å². The van der Waals surface area contributed by atoms with Gasteiger partial charge in [0.15, 0.2) is 0 Å². The molecule has 0 aliphatic heterocycles. The number of rotatable bonds is 5. The second-order valence-electron chi connectivity index (χ2n) is 6.37. The van der Waals surface area contributed by atoms with Gasteiger partial charge < -0.3 is 4.74 Å². The third-order valence-corrected chi connectivity index (χ3v) is 4.10. The van der Waals surface area contributed by atoms with E-state index in [2.05, 4.69) is 57.2 Å². The van der Waals surface area contributed by atoms with Crippen molar-refractivity contribution in [2.45, 2.75) is 34.6 Å². The quantitative estimate of drug-likeness (QED) is 0.385. The fourth-order valence-corrected chi connectivity index (χ4v) is 2.81. The number of ether oxygens (including phenoxy) is 1. The average Bonchev–Trinajstić information content (AvgIpc) is 2.54. The van der Waals surface area contributed by atoms with E-state index in [1.165, 1.54) is 39.1 Å². The maximum atomic E-state index is 11.4. The molecule has 0 bridgehead atoms. The first kappa shape index (κ1) is 18.7. The summed E-state index contributed by atoms with van der Waals surface area (Å²) in [5.41, 5.74) is 5.84. The lowest BCUT2D eigenvalue weighted by atomic mass is 9.96. The molecule has 0 unspecified atom stereocenters. The molecule has 0 aromatic heterocycles. The number of aryl methyl sites for hydroxylation is 2. The van der Waals surface area contributed by atoms with Crippen LogP contribution in [0.3, 0.4) is 0 Å². The van der Waals surface area contributed by atoms with Crippen LogP contribution >= 0.6 is 0 Å². The molecule has 0 N–H and O–H groups in total. The predicted molar refractivity (Wildman–Crippen MR) is 107 cm³/mol. The minimum Gasteiger partial charge on any atom is -0.463 e. The van der Waals surface area contributed by atoms with Crippen LogP contribution in [-0.2, 0) is 9.53 Å². The lowest BCUT2D eigenvalue weighted by Gasteiger charge is -2.09. The van der Waals surface area contributed by atoms with Gasteiger partial charge in [0.1, 0.15) is 0 Å². The van der Waals surface area contributed by atoms with Crippen molar-refractivity contribution < 1.29 is 9.53 Å². The van der Waals surface area contributed by atoms with Crippen molar-refractivity contribution in [2.75, 3.05) is 6.61 Å². The van der Waals surface area contributed by atoms with Crippen LogP contribution < -0.4 is 0 Å². The van der Waals surface area contributed by atoms with Crippen LogP contribution in [0.5, 0.6) is 0 Å². The molecule has 2 nitrogen and oxygen atoms in total. The van der Waals surface area contributed by atoms with Gasteiger partial charge in [-0.1, -0.05) is 48.1 Å². The predicted octanol–water partition coefficient (Wildman–Crippen LogP) is 5.93. The molecule has 0 saturated carbocycles. The van der Waals surface area contributed by atoms with Crippen LogP contribution in [0.25, 0.3) is 16.3 Å². The van der Waals surface area contributed by atoms with Crippen molar-refractivity contribution in [3.63, 3.8) is 0 Å². The van der Waals surface area contributed by atoms with Gasteiger partial charge in [-0.25, -0.2) is 4.79 Å². The smallest absolute Gasteiger partial charge is 0.330 e. The molecule has 2 aromatic rings. The Bertz CT molecular complexity index is 867. The molecule has 2 aromatic carbocycles. The zero-order valence-electron chi connectivity index (χ0n) is 15.7. The summed E-state index contributed by atoms with van der Waals surface area (Å²) in [7, 11) is 0. The van der Waals surface area contributed by atoms with Gasteiger partial charge >= 0.3 is 5.97 Å². The fraction of sp³-hybridized carbons (Fsp3) is 0.261. The van der Waals surface area contributed by atoms with Crippen LogP contribution in [0.2, 0.25) is 0 Å². The van der Waals surface area contributed by atoms with Gasteiger partial charge in [-0.3, -0.25) is 0 Å². The van der Waals surface area contributed by atoms with Crippen molar-refractivity contribution in [3.8, 4) is 0 Å². The van der Waals surface area contributed by atoms with E-state index in [-0.39, 0.29) is 5.97 Å². The molecule has 0 amide bonds. The number of carbonyl (C=O) groups is 1. The second kappa shape index (κ2) is 8.48. The zero-order chi connectivity index (χ0) is 18.4. The Morgan fingerprint density at radius 3 is 2.56 bits per heavy atom. The van der Waals surface area contributed by atoms with E-state index in [0.29, 0.717) is 6.61 Å².